The molecular weight excluding hydrogens is 355 g/mol. The maximum absolute atomic E-state index is 12.8. The van der Waals surface area contributed by atoms with Gasteiger partial charge >= 0.3 is 5.51 Å². The number of thioether (sulfide) groups is 1. The van der Waals surface area contributed by atoms with E-state index in [1.807, 2.05) is 0 Å². The lowest BCUT2D eigenvalue weighted by Crippen LogP contribution is -2.10. The third-order valence-corrected chi connectivity index (χ3v) is 3.61. The fourth-order valence-corrected chi connectivity index (χ4v) is 2.35. The molecule has 1 aromatic rings. The van der Waals surface area contributed by atoms with Crippen molar-refractivity contribution in [1.29, 1.82) is 0 Å². The van der Waals surface area contributed by atoms with Crippen LogP contribution >= 0.6 is 27.7 Å². The Balaban J connectivity index is 3.21. The molecule has 1 aromatic carbocycles. The molecule has 0 fully saturated rings. The zero-order valence-electron chi connectivity index (χ0n) is 9.31. The van der Waals surface area contributed by atoms with Crippen LogP contribution in [0.2, 0.25) is 0 Å². The van der Waals surface area contributed by atoms with Gasteiger partial charge < -0.3 is 0 Å². The van der Waals surface area contributed by atoms with Crippen LogP contribution in [0.4, 0.5) is 22.0 Å². The minimum atomic E-state index is -4.59. The quantitative estimate of drug-likeness (QED) is 0.427. The van der Waals surface area contributed by atoms with Crippen molar-refractivity contribution in [1.82, 2.24) is 0 Å². The number of ketones is 1. The number of benzene rings is 1. The van der Waals surface area contributed by atoms with Crippen molar-refractivity contribution in [2.75, 3.05) is 5.33 Å². The molecule has 0 N–H and O–H groups in total. The Morgan fingerprint density at radius 1 is 1.32 bits per heavy atom. The highest BCUT2D eigenvalue weighted by Gasteiger charge is 2.31. The summed E-state index contributed by atoms with van der Waals surface area (Å²) < 4.78 is 62.6. The summed E-state index contributed by atoms with van der Waals surface area (Å²) in [5, 5.41) is -0.0965. The largest absolute Gasteiger partial charge is 0.446 e. The van der Waals surface area contributed by atoms with Gasteiger partial charge in [0.05, 0.1) is 5.33 Å². The van der Waals surface area contributed by atoms with Gasteiger partial charge in [-0.1, -0.05) is 28.1 Å². The van der Waals surface area contributed by atoms with Gasteiger partial charge in [-0.25, -0.2) is 8.78 Å². The zero-order chi connectivity index (χ0) is 14.6. The molecule has 1 rings (SSSR count). The summed E-state index contributed by atoms with van der Waals surface area (Å²) >= 11 is 2.36. The summed E-state index contributed by atoms with van der Waals surface area (Å²) in [6.45, 7) is 0. The Morgan fingerprint density at radius 3 is 2.42 bits per heavy atom. The molecule has 0 amide bonds. The number of hydrogen-bond acceptors (Lipinski definition) is 2. The summed E-state index contributed by atoms with van der Waals surface area (Å²) in [4.78, 5) is 10.9. The molecule has 0 aliphatic heterocycles. The van der Waals surface area contributed by atoms with E-state index in [1.165, 1.54) is 0 Å². The molecule has 0 atom stereocenters. The standard InChI is InChI=1S/C11H8BrF5OS/c12-5-6(18)4-8-7(10(13)14)2-1-3-9(8)19-11(15,16)17/h1-3,10H,4-5H2. The highest BCUT2D eigenvalue weighted by atomic mass is 79.9. The molecule has 0 bridgehead atoms. The Kier molecular flexibility index (Phi) is 5.79. The fourth-order valence-electron chi connectivity index (χ4n) is 1.44. The van der Waals surface area contributed by atoms with E-state index in [1.54, 1.807) is 0 Å². The SMILES string of the molecule is O=C(CBr)Cc1c(SC(F)(F)F)cccc1C(F)F. The van der Waals surface area contributed by atoms with Crippen molar-refractivity contribution in [3.63, 3.8) is 0 Å². The van der Waals surface area contributed by atoms with Gasteiger partial charge in [0.25, 0.3) is 6.43 Å². The zero-order valence-corrected chi connectivity index (χ0v) is 11.7. The smallest absolute Gasteiger partial charge is 0.298 e. The molecule has 0 unspecified atom stereocenters. The second-order valence-corrected chi connectivity index (χ2v) is 5.19. The van der Waals surface area contributed by atoms with Crippen LogP contribution < -0.4 is 0 Å². The van der Waals surface area contributed by atoms with E-state index >= 15 is 0 Å². The minimum Gasteiger partial charge on any atom is -0.298 e. The van der Waals surface area contributed by atoms with Gasteiger partial charge in [-0.15, -0.1) is 0 Å². The van der Waals surface area contributed by atoms with E-state index < -0.39 is 41.5 Å². The normalized spacial score (nSPS) is 11.9. The van der Waals surface area contributed by atoms with E-state index in [0.717, 1.165) is 18.2 Å². The average molecular weight is 363 g/mol. The van der Waals surface area contributed by atoms with Crippen molar-refractivity contribution in [3.05, 3.63) is 29.3 Å². The summed E-state index contributed by atoms with van der Waals surface area (Å²) in [6, 6.07) is 3.24. The molecule has 8 heteroatoms. The monoisotopic (exact) mass is 362 g/mol. The lowest BCUT2D eigenvalue weighted by atomic mass is 10.0. The average Bonchev–Trinajstić information content (AvgIpc) is 2.28. The van der Waals surface area contributed by atoms with Crippen LogP contribution in [0.15, 0.2) is 23.1 Å². The van der Waals surface area contributed by atoms with Gasteiger partial charge in [0, 0.05) is 16.9 Å². The van der Waals surface area contributed by atoms with Gasteiger partial charge in [0.1, 0.15) is 5.78 Å². The Hall–Kier alpha value is -0.630. The molecule has 0 saturated carbocycles. The molecule has 0 heterocycles. The number of carbonyl (C=O) groups excluding carboxylic acids is 1. The van der Waals surface area contributed by atoms with Crippen LogP contribution in [0.5, 0.6) is 0 Å². The Morgan fingerprint density at radius 2 is 1.95 bits per heavy atom. The van der Waals surface area contributed by atoms with E-state index in [4.69, 9.17) is 0 Å². The van der Waals surface area contributed by atoms with Crippen LogP contribution in [-0.2, 0) is 11.2 Å². The third-order valence-electron chi connectivity index (χ3n) is 2.15. The molecule has 19 heavy (non-hydrogen) atoms. The Labute approximate surface area is 118 Å². The molecule has 0 saturated heterocycles. The highest BCUT2D eigenvalue weighted by molar-refractivity contribution is 9.09. The van der Waals surface area contributed by atoms with E-state index in [0.29, 0.717) is 0 Å². The van der Waals surface area contributed by atoms with Gasteiger partial charge in [-0.2, -0.15) is 13.2 Å². The van der Waals surface area contributed by atoms with Crippen molar-refractivity contribution < 1.29 is 26.7 Å². The first-order chi connectivity index (χ1) is 8.74. The summed E-state index contributed by atoms with van der Waals surface area (Å²) in [5.74, 6) is -0.461. The first-order valence-electron chi connectivity index (χ1n) is 4.98. The van der Waals surface area contributed by atoms with Gasteiger partial charge in [0.15, 0.2) is 0 Å². The van der Waals surface area contributed by atoms with Gasteiger partial charge in [0.2, 0.25) is 0 Å². The Bertz CT molecular complexity index is 461. The second-order valence-electron chi connectivity index (χ2n) is 3.52. The maximum atomic E-state index is 12.8. The van der Waals surface area contributed by atoms with Crippen molar-refractivity contribution in [3.8, 4) is 0 Å². The van der Waals surface area contributed by atoms with Gasteiger partial charge in [-0.05, 0) is 23.4 Å². The molecule has 0 spiro atoms. The lowest BCUT2D eigenvalue weighted by Gasteiger charge is -2.14. The van der Waals surface area contributed by atoms with Crippen LogP contribution in [0.25, 0.3) is 0 Å². The maximum Gasteiger partial charge on any atom is 0.446 e. The second kappa shape index (κ2) is 6.69. The van der Waals surface area contributed by atoms with Crippen molar-refractivity contribution in [2.24, 2.45) is 0 Å². The number of Topliss-reactive ketones (excluding diaryl/α,β-unsaturated/α-hetero) is 1. The molecule has 1 nitrogen and oxygen atoms in total. The fraction of sp³-hybridized carbons (Fsp3) is 0.364. The highest BCUT2D eigenvalue weighted by Crippen LogP contribution is 2.41. The molecule has 0 aliphatic rings. The van der Waals surface area contributed by atoms with E-state index in [2.05, 4.69) is 15.9 Å². The summed E-state index contributed by atoms with van der Waals surface area (Å²) in [7, 11) is 0. The predicted molar refractivity (Wildman–Crippen MR) is 65.8 cm³/mol. The first-order valence-corrected chi connectivity index (χ1v) is 6.91. The molecule has 0 aliphatic carbocycles. The molecule has 106 valence electrons. The number of halogens is 6. The lowest BCUT2D eigenvalue weighted by molar-refractivity contribution is -0.115. The van der Waals surface area contributed by atoms with Crippen molar-refractivity contribution in [2.45, 2.75) is 23.3 Å². The third kappa shape index (κ3) is 5.10. The van der Waals surface area contributed by atoms with Crippen molar-refractivity contribution >= 4 is 33.5 Å². The van der Waals surface area contributed by atoms with Crippen LogP contribution in [0.1, 0.15) is 17.6 Å². The summed E-state index contributed by atoms with van der Waals surface area (Å²) in [5.41, 5.74) is -5.39. The minimum absolute atomic E-state index is 0.0965. The number of carbonyl (C=O) groups is 1. The van der Waals surface area contributed by atoms with E-state index in [9.17, 15) is 26.7 Å². The summed E-state index contributed by atoms with van der Waals surface area (Å²) in [6.07, 6.45) is -3.38. The topological polar surface area (TPSA) is 17.1 Å². The molecule has 0 radical (unpaired) electrons. The molecular formula is C11H8BrF5OS. The van der Waals surface area contributed by atoms with Crippen LogP contribution in [0.3, 0.4) is 0 Å². The number of rotatable bonds is 5. The number of alkyl halides is 6. The molecule has 0 aromatic heterocycles. The number of hydrogen-bond donors (Lipinski definition) is 0. The van der Waals surface area contributed by atoms with Crippen LogP contribution in [-0.4, -0.2) is 16.6 Å². The first kappa shape index (κ1) is 16.4. The van der Waals surface area contributed by atoms with Gasteiger partial charge in [-0.3, -0.25) is 4.79 Å². The predicted octanol–water partition coefficient (Wildman–Crippen LogP) is 4.74. The van der Waals surface area contributed by atoms with Crippen LogP contribution in [0, 0.1) is 0 Å². The van der Waals surface area contributed by atoms with E-state index in [-0.39, 0.29) is 15.8 Å².